The van der Waals surface area contributed by atoms with Crippen LogP contribution in [0, 0.1) is 0 Å². The zero-order valence-corrected chi connectivity index (χ0v) is 7.38. The van der Waals surface area contributed by atoms with Crippen molar-refractivity contribution in [3.8, 4) is 0 Å². The number of anilines is 2. The van der Waals surface area contributed by atoms with Crippen molar-refractivity contribution >= 4 is 28.9 Å². The molecule has 0 amide bonds. The van der Waals surface area contributed by atoms with E-state index in [4.69, 9.17) is 22.4 Å². The van der Waals surface area contributed by atoms with E-state index >= 15 is 0 Å². The molecule has 0 aliphatic rings. The van der Waals surface area contributed by atoms with Crippen molar-refractivity contribution in [2.24, 2.45) is 0 Å². The second-order valence-electron chi connectivity index (χ2n) is 2.31. The van der Waals surface area contributed by atoms with E-state index in [2.05, 4.69) is 10.3 Å². The number of hydrogen-bond acceptors (Lipinski definition) is 4. The van der Waals surface area contributed by atoms with E-state index in [1.807, 2.05) is 0 Å². The third-order valence-corrected chi connectivity index (χ3v) is 1.67. The van der Waals surface area contributed by atoms with Crippen molar-refractivity contribution in [2.75, 3.05) is 17.6 Å². The Morgan fingerprint density at radius 3 is 3.08 bits per heavy atom. The number of pyridine rings is 1. The van der Waals surface area contributed by atoms with Crippen LogP contribution in [0.3, 0.4) is 0 Å². The Labute approximate surface area is 79.5 Å². The molecule has 0 atom stereocenters. The van der Waals surface area contributed by atoms with Gasteiger partial charge in [-0.1, -0.05) is 11.6 Å². The molecule has 0 saturated heterocycles. The molecule has 1 aromatic rings. The topological polar surface area (TPSA) is 88.2 Å². The molecule has 4 N–H and O–H groups in total. The largest absolute Gasteiger partial charge is 0.480 e. The van der Waals surface area contributed by atoms with Crippen LogP contribution in [-0.4, -0.2) is 22.6 Å². The predicted octanol–water partition coefficient (Wildman–Crippen LogP) is 0.814. The highest BCUT2D eigenvalue weighted by atomic mass is 35.5. The lowest BCUT2D eigenvalue weighted by Crippen LogP contribution is -2.13. The van der Waals surface area contributed by atoms with Crippen molar-refractivity contribution in [3.05, 3.63) is 17.4 Å². The average molecular weight is 202 g/mol. The van der Waals surface area contributed by atoms with Crippen LogP contribution in [-0.2, 0) is 4.79 Å². The van der Waals surface area contributed by atoms with E-state index in [1.165, 1.54) is 6.20 Å². The van der Waals surface area contributed by atoms with Crippen molar-refractivity contribution in [3.63, 3.8) is 0 Å². The number of rotatable bonds is 3. The van der Waals surface area contributed by atoms with E-state index in [1.54, 1.807) is 6.07 Å². The molecule has 0 aliphatic heterocycles. The molecular weight excluding hydrogens is 194 g/mol. The molecule has 0 bridgehead atoms. The lowest BCUT2D eigenvalue weighted by molar-refractivity contribution is -0.134. The fourth-order valence-corrected chi connectivity index (χ4v) is 0.931. The van der Waals surface area contributed by atoms with Gasteiger partial charge in [0.2, 0.25) is 0 Å². The number of carbonyl (C=O) groups is 1. The zero-order chi connectivity index (χ0) is 9.84. The van der Waals surface area contributed by atoms with E-state index in [9.17, 15) is 4.79 Å². The van der Waals surface area contributed by atoms with Crippen molar-refractivity contribution in [1.29, 1.82) is 0 Å². The third-order valence-electron chi connectivity index (χ3n) is 1.37. The molecule has 70 valence electrons. The van der Waals surface area contributed by atoms with Gasteiger partial charge in [0.15, 0.2) is 5.15 Å². The highest BCUT2D eigenvalue weighted by Crippen LogP contribution is 2.23. The summed E-state index contributed by atoms with van der Waals surface area (Å²) < 4.78 is 0. The second kappa shape index (κ2) is 3.95. The normalized spacial score (nSPS) is 9.62. The minimum Gasteiger partial charge on any atom is -0.480 e. The van der Waals surface area contributed by atoms with Gasteiger partial charge in [0, 0.05) is 6.20 Å². The Morgan fingerprint density at radius 2 is 2.46 bits per heavy atom. The van der Waals surface area contributed by atoms with Crippen LogP contribution in [0.5, 0.6) is 0 Å². The summed E-state index contributed by atoms with van der Waals surface area (Å²) >= 11 is 5.61. The van der Waals surface area contributed by atoms with Gasteiger partial charge in [-0.3, -0.25) is 4.79 Å². The predicted molar refractivity (Wildman–Crippen MR) is 49.8 cm³/mol. The molecule has 0 saturated carbocycles. The van der Waals surface area contributed by atoms with E-state index in [-0.39, 0.29) is 17.4 Å². The maximum Gasteiger partial charge on any atom is 0.322 e. The molecule has 1 heterocycles. The molecule has 0 unspecified atom stereocenters. The molecule has 0 aliphatic carbocycles. The number of halogens is 1. The van der Waals surface area contributed by atoms with E-state index in [0.29, 0.717) is 5.69 Å². The van der Waals surface area contributed by atoms with Crippen molar-refractivity contribution < 1.29 is 9.90 Å². The first-order chi connectivity index (χ1) is 6.11. The van der Waals surface area contributed by atoms with Crippen LogP contribution in [0.2, 0.25) is 5.15 Å². The van der Waals surface area contributed by atoms with Gasteiger partial charge in [0.05, 0.1) is 11.4 Å². The summed E-state index contributed by atoms with van der Waals surface area (Å²) in [5, 5.41) is 11.1. The van der Waals surface area contributed by atoms with Gasteiger partial charge < -0.3 is 16.2 Å². The minimum absolute atomic E-state index is 0.162. The Hall–Kier alpha value is -1.49. The summed E-state index contributed by atoms with van der Waals surface area (Å²) in [6, 6.07) is 1.56. The minimum atomic E-state index is -0.965. The lowest BCUT2D eigenvalue weighted by Gasteiger charge is -2.06. The van der Waals surface area contributed by atoms with Gasteiger partial charge >= 0.3 is 5.97 Å². The molecule has 0 aromatic carbocycles. The van der Waals surface area contributed by atoms with Crippen LogP contribution in [0.1, 0.15) is 0 Å². The number of aromatic nitrogens is 1. The molecule has 5 nitrogen and oxygen atoms in total. The van der Waals surface area contributed by atoms with Crippen molar-refractivity contribution in [2.45, 2.75) is 0 Å². The molecular formula is C7H8ClN3O2. The second-order valence-corrected chi connectivity index (χ2v) is 2.67. The molecule has 0 fully saturated rings. The molecule has 1 rings (SSSR count). The summed E-state index contributed by atoms with van der Waals surface area (Å²) in [6.07, 6.45) is 1.45. The molecule has 0 radical (unpaired) electrons. The Balaban J connectivity index is 2.77. The van der Waals surface area contributed by atoms with E-state index < -0.39 is 5.97 Å². The van der Waals surface area contributed by atoms with Gasteiger partial charge in [-0.2, -0.15) is 0 Å². The SMILES string of the molecule is Nc1c(NCC(=O)O)ccnc1Cl. The number of carboxylic acid groups (broad SMARTS) is 1. The fraction of sp³-hybridized carbons (Fsp3) is 0.143. The number of nitrogens with two attached hydrogens (primary N) is 1. The maximum absolute atomic E-state index is 10.2. The quantitative estimate of drug-likeness (QED) is 0.630. The first-order valence-corrected chi connectivity index (χ1v) is 3.84. The molecule has 0 spiro atoms. The summed E-state index contributed by atoms with van der Waals surface area (Å²) in [4.78, 5) is 13.9. The molecule has 1 aromatic heterocycles. The maximum atomic E-state index is 10.2. The standard InChI is InChI=1S/C7H8ClN3O2/c8-7-6(9)4(1-2-10-7)11-3-5(12)13/h1-2H,3,9H2,(H,10,11)(H,12,13). The zero-order valence-electron chi connectivity index (χ0n) is 6.62. The number of hydrogen-bond donors (Lipinski definition) is 3. The number of nitrogens with one attached hydrogen (secondary N) is 1. The Bertz CT molecular complexity index is 330. The number of nitrogen functional groups attached to an aromatic ring is 1. The highest BCUT2D eigenvalue weighted by molar-refractivity contribution is 6.32. The average Bonchev–Trinajstić information content (AvgIpc) is 2.07. The highest BCUT2D eigenvalue weighted by Gasteiger charge is 2.04. The molecule has 6 heteroatoms. The van der Waals surface area contributed by atoms with Gasteiger partial charge in [-0.25, -0.2) is 4.98 Å². The number of nitrogens with zero attached hydrogens (tertiary/aromatic N) is 1. The summed E-state index contributed by atoms with van der Waals surface area (Å²) in [5.74, 6) is -0.965. The van der Waals surface area contributed by atoms with Gasteiger partial charge in [-0.05, 0) is 6.07 Å². The van der Waals surface area contributed by atoms with Crippen LogP contribution in [0.4, 0.5) is 11.4 Å². The first-order valence-electron chi connectivity index (χ1n) is 3.47. The van der Waals surface area contributed by atoms with Gasteiger partial charge in [0.1, 0.15) is 6.54 Å². The molecule has 13 heavy (non-hydrogen) atoms. The Kier molecular flexibility index (Phi) is 2.92. The van der Waals surface area contributed by atoms with Gasteiger partial charge in [0.25, 0.3) is 0 Å². The first kappa shape index (κ1) is 9.60. The van der Waals surface area contributed by atoms with Crippen molar-refractivity contribution in [1.82, 2.24) is 4.98 Å². The van der Waals surface area contributed by atoms with Crippen LogP contribution in [0.25, 0.3) is 0 Å². The van der Waals surface area contributed by atoms with E-state index in [0.717, 1.165) is 0 Å². The Morgan fingerprint density at radius 1 is 1.77 bits per heavy atom. The fourth-order valence-electron chi connectivity index (χ4n) is 0.773. The lowest BCUT2D eigenvalue weighted by atomic mass is 10.3. The third kappa shape index (κ3) is 2.48. The summed E-state index contributed by atoms with van der Waals surface area (Å²) in [5.41, 5.74) is 6.25. The number of aliphatic carboxylic acids is 1. The monoisotopic (exact) mass is 201 g/mol. The van der Waals surface area contributed by atoms with Crippen LogP contribution in [0.15, 0.2) is 12.3 Å². The van der Waals surface area contributed by atoms with Crippen LogP contribution < -0.4 is 11.1 Å². The number of carboxylic acids is 1. The van der Waals surface area contributed by atoms with Gasteiger partial charge in [-0.15, -0.1) is 0 Å². The smallest absolute Gasteiger partial charge is 0.322 e. The summed E-state index contributed by atoms with van der Waals surface area (Å²) in [6.45, 7) is -0.204. The van der Waals surface area contributed by atoms with Crippen LogP contribution >= 0.6 is 11.6 Å². The summed E-state index contributed by atoms with van der Waals surface area (Å²) in [7, 11) is 0.